The second-order valence-corrected chi connectivity index (χ2v) is 10.8. The third-order valence-corrected chi connectivity index (χ3v) is 9.97. The van der Waals surface area contributed by atoms with Crippen molar-refractivity contribution < 1.29 is 21.7 Å². The minimum Gasteiger partial charge on any atom is -1.00 e. The molecule has 4 rings (SSSR count). The maximum atomic E-state index is 6.71. The summed E-state index contributed by atoms with van der Waals surface area (Å²) in [5.41, 5.74) is 1.06. The van der Waals surface area contributed by atoms with Crippen molar-refractivity contribution in [3.05, 3.63) is 120 Å². The van der Waals surface area contributed by atoms with Gasteiger partial charge in [0.15, 0.2) is 0 Å². The number of benzene rings is 4. The molecular formula is C26H23BrClOP. The molecule has 0 aliphatic heterocycles. The van der Waals surface area contributed by atoms with Crippen LogP contribution in [0.1, 0.15) is 5.56 Å². The van der Waals surface area contributed by atoms with Crippen molar-refractivity contribution in [2.75, 3.05) is 7.11 Å². The quantitative estimate of drug-likeness (QED) is 0.372. The average molecular weight is 498 g/mol. The molecule has 0 amide bonds. The zero-order valence-electron chi connectivity index (χ0n) is 16.7. The monoisotopic (exact) mass is 496 g/mol. The fourth-order valence-corrected chi connectivity index (χ4v) is 8.50. The van der Waals surface area contributed by atoms with Gasteiger partial charge in [-0.15, -0.1) is 0 Å². The molecule has 0 saturated heterocycles. The van der Waals surface area contributed by atoms with E-state index in [4.69, 9.17) is 16.3 Å². The molecule has 30 heavy (non-hydrogen) atoms. The van der Waals surface area contributed by atoms with Crippen LogP contribution >= 0.6 is 18.9 Å². The van der Waals surface area contributed by atoms with Crippen LogP contribution in [0.25, 0.3) is 0 Å². The highest BCUT2D eigenvalue weighted by Gasteiger charge is 2.46. The lowest BCUT2D eigenvalue weighted by Crippen LogP contribution is -3.00. The van der Waals surface area contributed by atoms with Crippen LogP contribution in [0.15, 0.2) is 109 Å². The van der Waals surface area contributed by atoms with Gasteiger partial charge in [0.25, 0.3) is 0 Å². The standard InChI is InChI=1S/C26H23ClOP.BrH/c1-28-26-19-11-18-25(27)24(26)20-29(21-12-5-2-6-13-21,22-14-7-3-8-15-22)23-16-9-4-10-17-23;/h2-19H,20H2,1H3;1H/q+1;/p-1. The summed E-state index contributed by atoms with van der Waals surface area (Å²) in [5.74, 6) is 0.838. The smallest absolute Gasteiger partial charge is 0.127 e. The van der Waals surface area contributed by atoms with Crippen LogP contribution in [-0.4, -0.2) is 7.11 Å². The predicted molar refractivity (Wildman–Crippen MR) is 127 cm³/mol. The van der Waals surface area contributed by atoms with E-state index in [1.54, 1.807) is 7.11 Å². The van der Waals surface area contributed by atoms with E-state index in [-0.39, 0.29) is 17.0 Å². The molecule has 4 heteroatoms. The van der Waals surface area contributed by atoms with E-state index < -0.39 is 7.26 Å². The third-order valence-electron chi connectivity index (χ3n) is 5.28. The zero-order valence-corrected chi connectivity index (χ0v) is 19.9. The Morgan fingerprint density at radius 2 is 1.07 bits per heavy atom. The van der Waals surface area contributed by atoms with Gasteiger partial charge in [0.05, 0.1) is 17.7 Å². The van der Waals surface area contributed by atoms with Gasteiger partial charge in [-0.2, -0.15) is 0 Å². The van der Waals surface area contributed by atoms with Gasteiger partial charge in [-0.3, -0.25) is 0 Å². The molecule has 0 aliphatic rings. The fourth-order valence-electron chi connectivity index (χ4n) is 3.89. The minimum absolute atomic E-state index is 0. The molecular weight excluding hydrogens is 475 g/mol. The first-order valence-electron chi connectivity index (χ1n) is 9.62. The lowest BCUT2D eigenvalue weighted by molar-refractivity contribution is -0.00000583. The van der Waals surface area contributed by atoms with Gasteiger partial charge in [-0.25, -0.2) is 0 Å². The van der Waals surface area contributed by atoms with E-state index in [1.165, 1.54) is 15.9 Å². The van der Waals surface area contributed by atoms with E-state index in [0.29, 0.717) is 0 Å². The topological polar surface area (TPSA) is 9.23 Å². The number of methoxy groups -OCH3 is 1. The Hall–Kier alpha value is -2.12. The number of hydrogen-bond acceptors (Lipinski definition) is 1. The summed E-state index contributed by atoms with van der Waals surface area (Å²) in [6.07, 6.45) is 0.799. The highest BCUT2D eigenvalue weighted by atomic mass is 79.9. The molecule has 0 fully saturated rings. The fraction of sp³-hybridized carbons (Fsp3) is 0.0769. The van der Waals surface area contributed by atoms with Gasteiger partial charge >= 0.3 is 0 Å². The average Bonchev–Trinajstić information content (AvgIpc) is 2.80. The molecule has 0 atom stereocenters. The van der Waals surface area contributed by atoms with Crippen molar-refractivity contribution in [1.82, 2.24) is 0 Å². The second kappa shape index (κ2) is 10.3. The minimum atomic E-state index is -2.01. The largest absolute Gasteiger partial charge is 1.00 e. The van der Waals surface area contributed by atoms with Crippen LogP contribution < -0.4 is 37.6 Å². The summed E-state index contributed by atoms with van der Waals surface area (Å²) in [7, 11) is -0.296. The van der Waals surface area contributed by atoms with Gasteiger partial charge in [-0.05, 0) is 48.5 Å². The maximum absolute atomic E-state index is 6.71. The predicted octanol–water partition coefficient (Wildman–Crippen LogP) is 2.85. The molecule has 0 bridgehead atoms. The number of hydrogen-bond donors (Lipinski definition) is 0. The van der Waals surface area contributed by atoms with Crippen LogP contribution in [0, 0.1) is 0 Å². The highest BCUT2D eigenvalue weighted by Crippen LogP contribution is 2.59. The number of rotatable bonds is 6. The van der Waals surface area contributed by atoms with E-state index in [9.17, 15) is 0 Å². The zero-order chi connectivity index (χ0) is 20.1. The van der Waals surface area contributed by atoms with Crippen molar-refractivity contribution in [2.45, 2.75) is 6.16 Å². The van der Waals surface area contributed by atoms with E-state index >= 15 is 0 Å². The molecule has 4 aromatic carbocycles. The van der Waals surface area contributed by atoms with Crippen LogP contribution in [-0.2, 0) is 6.16 Å². The Balaban J connectivity index is 0.00000256. The molecule has 1 nitrogen and oxygen atoms in total. The molecule has 0 saturated carbocycles. The van der Waals surface area contributed by atoms with Crippen molar-refractivity contribution in [1.29, 1.82) is 0 Å². The van der Waals surface area contributed by atoms with Gasteiger partial charge < -0.3 is 21.7 Å². The Bertz CT molecular complexity index is 975. The van der Waals surface area contributed by atoms with Crippen molar-refractivity contribution in [2.24, 2.45) is 0 Å². The molecule has 0 heterocycles. The first kappa shape index (κ1) is 22.6. The number of ether oxygens (including phenoxy) is 1. The summed E-state index contributed by atoms with van der Waals surface area (Å²) in [5, 5.41) is 4.75. The van der Waals surface area contributed by atoms with Crippen molar-refractivity contribution >= 4 is 34.8 Å². The van der Waals surface area contributed by atoms with E-state index in [0.717, 1.165) is 22.5 Å². The SMILES string of the molecule is COc1cccc(Cl)c1C[P+](c1ccccc1)(c1ccccc1)c1ccccc1.[Br-]. The summed E-state index contributed by atoms with van der Waals surface area (Å²) in [6, 6.07) is 38.3. The summed E-state index contributed by atoms with van der Waals surface area (Å²) in [4.78, 5) is 0. The lowest BCUT2D eigenvalue weighted by atomic mass is 10.2. The summed E-state index contributed by atoms with van der Waals surface area (Å²) < 4.78 is 5.71. The highest BCUT2D eigenvalue weighted by molar-refractivity contribution is 7.95. The normalized spacial score (nSPS) is 10.9. The van der Waals surface area contributed by atoms with Crippen LogP contribution in [0.5, 0.6) is 5.75 Å². The van der Waals surface area contributed by atoms with E-state index in [2.05, 4.69) is 91.0 Å². The van der Waals surface area contributed by atoms with Gasteiger partial charge in [-0.1, -0.05) is 72.3 Å². The van der Waals surface area contributed by atoms with Crippen molar-refractivity contribution in [3.63, 3.8) is 0 Å². The van der Waals surface area contributed by atoms with Crippen LogP contribution in [0.2, 0.25) is 5.02 Å². The molecule has 0 aliphatic carbocycles. The Kier molecular flexibility index (Phi) is 7.72. The maximum Gasteiger partial charge on any atom is 0.127 e. The Morgan fingerprint density at radius 1 is 0.633 bits per heavy atom. The molecule has 0 radical (unpaired) electrons. The van der Waals surface area contributed by atoms with E-state index in [1.807, 2.05) is 18.2 Å². The summed E-state index contributed by atoms with van der Waals surface area (Å²) >= 11 is 6.71. The Morgan fingerprint density at radius 3 is 1.47 bits per heavy atom. The summed E-state index contributed by atoms with van der Waals surface area (Å²) in [6.45, 7) is 0. The molecule has 0 unspecified atom stereocenters. The van der Waals surface area contributed by atoms with Crippen LogP contribution in [0.4, 0.5) is 0 Å². The van der Waals surface area contributed by atoms with Gasteiger partial charge in [0.2, 0.25) is 0 Å². The van der Waals surface area contributed by atoms with Crippen molar-refractivity contribution in [3.8, 4) is 5.75 Å². The van der Waals surface area contributed by atoms with Gasteiger partial charge in [0.1, 0.15) is 35.1 Å². The van der Waals surface area contributed by atoms with Gasteiger partial charge in [0, 0.05) is 0 Å². The molecule has 0 N–H and O–H groups in total. The Labute approximate surface area is 194 Å². The first-order chi connectivity index (χ1) is 14.3. The second-order valence-electron chi connectivity index (χ2n) is 6.90. The molecule has 0 spiro atoms. The third kappa shape index (κ3) is 4.32. The lowest BCUT2D eigenvalue weighted by Gasteiger charge is -2.28. The van der Waals surface area contributed by atoms with Crippen LogP contribution in [0.3, 0.4) is 0 Å². The number of halogens is 2. The first-order valence-corrected chi connectivity index (χ1v) is 12.0. The molecule has 0 aromatic heterocycles. The molecule has 4 aromatic rings. The molecule has 152 valence electrons.